The maximum absolute atomic E-state index is 15.2. The minimum atomic E-state index is -0.882. The van der Waals surface area contributed by atoms with Crippen molar-refractivity contribution in [2.75, 3.05) is 32.0 Å². The van der Waals surface area contributed by atoms with Crippen LogP contribution in [0.2, 0.25) is 0 Å². The van der Waals surface area contributed by atoms with Crippen LogP contribution in [-0.2, 0) is 4.79 Å². The molecule has 3 aliphatic rings. The van der Waals surface area contributed by atoms with Crippen LogP contribution in [0.5, 0.6) is 23.0 Å². The van der Waals surface area contributed by atoms with Gasteiger partial charge >= 0.3 is 0 Å². The average Bonchev–Trinajstić information content (AvgIpc) is 3.65. The third kappa shape index (κ3) is 4.45. The number of hydrogen-bond donors (Lipinski definition) is 5. The average molecular weight is 681 g/mol. The number of ether oxygens (including phenoxy) is 3. The molecule has 260 valence electrons. The molecule has 5 N–H and O–H groups in total. The van der Waals surface area contributed by atoms with E-state index in [0.717, 1.165) is 0 Å². The molecule has 3 aliphatic carbocycles. The first-order valence-electron chi connectivity index (χ1n) is 17.1. The minimum Gasteiger partial charge on any atom is -0.504 e. The van der Waals surface area contributed by atoms with Crippen LogP contribution < -0.4 is 35.7 Å². The highest BCUT2D eigenvalue weighted by Gasteiger charge is 2.38. The predicted octanol–water partition coefficient (Wildman–Crippen LogP) is 5.37. The van der Waals surface area contributed by atoms with E-state index in [-0.39, 0.29) is 45.9 Å². The second-order valence-corrected chi connectivity index (χ2v) is 14.2. The van der Waals surface area contributed by atoms with E-state index in [1.807, 2.05) is 13.0 Å². The van der Waals surface area contributed by atoms with Gasteiger partial charge in [0.1, 0.15) is 17.3 Å². The SMILES string of the molecule is COc1c(O)c2c(=O)cc(OC)c3c4c(OC)cc(NC5CCC(O)C5)c5c(=O)c(NC6CCC(O)C6)c6c(c(c1C(C(C)=O)C(C)=C6)c23)c54. The van der Waals surface area contributed by atoms with Crippen LogP contribution in [0.25, 0.3) is 49.2 Å². The van der Waals surface area contributed by atoms with Gasteiger partial charge in [0.15, 0.2) is 16.9 Å². The summed E-state index contributed by atoms with van der Waals surface area (Å²) < 4.78 is 17.8. The number of methoxy groups -OCH3 is 3. The summed E-state index contributed by atoms with van der Waals surface area (Å²) in [5.41, 5.74) is 1.64. The quantitative estimate of drug-likeness (QED) is 0.106. The van der Waals surface area contributed by atoms with E-state index < -0.39 is 23.6 Å². The molecule has 5 aromatic carbocycles. The molecule has 0 amide bonds. The number of carbonyl (C=O) groups is 1. The van der Waals surface area contributed by atoms with Crippen molar-refractivity contribution >= 4 is 66.3 Å². The van der Waals surface area contributed by atoms with Crippen molar-refractivity contribution in [3.05, 3.63) is 49.3 Å². The van der Waals surface area contributed by atoms with Crippen molar-refractivity contribution < 1.29 is 34.3 Å². The fourth-order valence-electron chi connectivity index (χ4n) is 9.15. The van der Waals surface area contributed by atoms with Gasteiger partial charge in [0.25, 0.3) is 0 Å². The Balaban J connectivity index is 1.69. The van der Waals surface area contributed by atoms with Crippen LogP contribution in [0.4, 0.5) is 11.4 Å². The normalized spacial score (nSPS) is 23.3. The fourth-order valence-corrected chi connectivity index (χ4v) is 9.15. The lowest BCUT2D eigenvalue weighted by Gasteiger charge is -2.26. The largest absolute Gasteiger partial charge is 0.504 e. The van der Waals surface area contributed by atoms with E-state index in [1.54, 1.807) is 6.07 Å². The summed E-state index contributed by atoms with van der Waals surface area (Å²) in [6, 6.07) is 2.81. The summed E-state index contributed by atoms with van der Waals surface area (Å²) in [6.45, 7) is 3.29. The first-order chi connectivity index (χ1) is 24.0. The number of carbonyl (C=O) groups excluding carboxylic acids is 1. The second kappa shape index (κ2) is 11.6. The van der Waals surface area contributed by atoms with Gasteiger partial charge in [-0.05, 0) is 57.8 Å². The number of hydrogen-bond acceptors (Lipinski definition) is 11. The fraction of sp³-hybridized carbons (Fsp3) is 0.410. The second-order valence-electron chi connectivity index (χ2n) is 14.2. The summed E-state index contributed by atoms with van der Waals surface area (Å²) in [7, 11) is 4.39. The Kier molecular flexibility index (Phi) is 7.50. The molecular formula is C39H40N2O9. The zero-order valence-corrected chi connectivity index (χ0v) is 28.7. The Hall–Kier alpha value is -4.87. The number of Topliss-reactive ketones (excluding diaryl/α,β-unsaturated/α-hetero) is 1. The summed E-state index contributed by atoms with van der Waals surface area (Å²) in [5.74, 6) is -0.825. The van der Waals surface area contributed by atoms with E-state index in [9.17, 15) is 24.9 Å². The predicted molar refractivity (Wildman–Crippen MR) is 194 cm³/mol. The lowest BCUT2D eigenvalue weighted by Crippen LogP contribution is -2.24. The number of aromatic hydroxyl groups is 1. The molecule has 2 saturated carbocycles. The maximum Gasteiger partial charge on any atom is 0.212 e. The minimum absolute atomic E-state index is 0.00632. The topological polar surface area (TPSA) is 164 Å². The van der Waals surface area contributed by atoms with Crippen LogP contribution in [-0.4, -0.2) is 66.7 Å². The number of nitrogens with one attached hydrogen (secondary N) is 2. The first kappa shape index (κ1) is 32.3. The van der Waals surface area contributed by atoms with Crippen molar-refractivity contribution in [3.63, 3.8) is 0 Å². The van der Waals surface area contributed by atoms with Gasteiger partial charge in [0.2, 0.25) is 5.43 Å². The molecular weight excluding hydrogens is 640 g/mol. The molecule has 5 unspecified atom stereocenters. The molecule has 0 aromatic heterocycles. The maximum atomic E-state index is 15.2. The number of fused-ring (bicyclic) bond motifs is 1. The van der Waals surface area contributed by atoms with Crippen molar-refractivity contribution in [2.45, 2.75) is 82.6 Å². The highest BCUT2D eigenvalue weighted by Crippen LogP contribution is 2.57. The van der Waals surface area contributed by atoms with E-state index in [4.69, 9.17) is 14.2 Å². The highest BCUT2D eigenvalue weighted by molar-refractivity contribution is 6.40. The molecule has 11 nitrogen and oxygen atoms in total. The van der Waals surface area contributed by atoms with Gasteiger partial charge < -0.3 is 40.2 Å². The number of phenols is 1. The van der Waals surface area contributed by atoms with E-state index >= 15 is 4.79 Å². The van der Waals surface area contributed by atoms with Gasteiger partial charge in [-0.3, -0.25) is 14.4 Å². The highest BCUT2D eigenvalue weighted by atomic mass is 16.5. The van der Waals surface area contributed by atoms with Crippen LogP contribution in [0.1, 0.15) is 69.4 Å². The molecule has 0 heterocycles. The molecule has 5 atom stereocenters. The lowest BCUT2D eigenvalue weighted by atomic mass is 9.80. The number of aliphatic hydroxyl groups is 2. The monoisotopic (exact) mass is 680 g/mol. The first-order valence-corrected chi connectivity index (χ1v) is 17.1. The molecule has 0 aliphatic heterocycles. The number of anilines is 2. The Bertz CT molecular complexity index is 2400. The smallest absolute Gasteiger partial charge is 0.212 e. The van der Waals surface area contributed by atoms with Crippen LogP contribution in [0.3, 0.4) is 0 Å². The van der Waals surface area contributed by atoms with Gasteiger partial charge in [-0.1, -0.05) is 11.6 Å². The van der Waals surface area contributed by atoms with E-state index in [0.29, 0.717) is 110 Å². The van der Waals surface area contributed by atoms with Crippen molar-refractivity contribution in [1.82, 2.24) is 0 Å². The van der Waals surface area contributed by atoms with Gasteiger partial charge in [-0.2, -0.15) is 0 Å². The van der Waals surface area contributed by atoms with Crippen LogP contribution in [0, 0.1) is 0 Å². The van der Waals surface area contributed by atoms with Gasteiger partial charge in [0, 0.05) is 68.0 Å². The van der Waals surface area contributed by atoms with Gasteiger partial charge in [-0.25, -0.2) is 0 Å². The molecule has 0 spiro atoms. The number of allylic oxidation sites excluding steroid dienone is 1. The van der Waals surface area contributed by atoms with Crippen LogP contribution in [0.15, 0.2) is 27.3 Å². The zero-order valence-electron chi connectivity index (χ0n) is 28.7. The third-order valence-corrected chi connectivity index (χ3v) is 11.2. The molecule has 8 rings (SSSR count). The van der Waals surface area contributed by atoms with Gasteiger partial charge in [0.05, 0.1) is 55.9 Å². The number of benzene rings is 5. The van der Waals surface area contributed by atoms with Crippen molar-refractivity contribution in [1.29, 1.82) is 0 Å². The van der Waals surface area contributed by atoms with Crippen molar-refractivity contribution in [3.8, 4) is 23.0 Å². The molecule has 0 saturated heterocycles. The Labute approximate surface area is 287 Å². The van der Waals surface area contributed by atoms with Gasteiger partial charge in [-0.15, -0.1) is 0 Å². The summed E-state index contributed by atoms with van der Waals surface area (Å²) in [6.07, 6.45) is 4.48. The number of rotatable bonds is 8. The molecule has 5 aromatic rings. The number of phenolic OH excluding ortho intramolecular Hbond substituents is 1. The molecule has 11 heteroatoms. The van der Waals surface area contributed by atoms with E-state index in [1.165, 1.54) is 34.3 Å². The molecule has 0 radical (unpaired) electrons. The van der Waals surface area contributed by atoms with Crippen LogP contribution >= 0.6 is 0 Å². The van der Waals surface area contributed by atoms with E-state index in [2.05, 4.69) is 10.6 Å². The lowest BCUT2D eigenvalue weighted by molar-refractivity contribution is -0.117. The number of ketones is 1. The number of aliphatic hydroxyl groups excluding tert-OH is 2. The summed E-state index contributed by atoms with van der Waals surface area (Å²) in [5, 5.41) is 43.1. The molecule has 0 bridgehead atoms. The zero-order chi connectivity index (χ0) is 35.3. The Morgan fingerprint density at radius 1 is 0.760 bits per heavy atom. The molecule has 50 heavy (non-hydrogen) atoms. The summed E-state index contributed by atoms with van der Waals surface area (Å²) in [4.78, 5) is 42.8. The standard InChI is InChI=1S/C39H40N2O9/c1-15-10-21-27-32-28(37(46)36(21)41-18-7-9-20(44)12-18)22(40-17-6-8-19(43)11-17)13-24(48-3)30(32)31-25(49-4)14-23(45)29-34(31)33(27)35(26(15)16(2)42)39(50-5)38(29)47/h10,13-14,17-20,26,40-41,43-44,47H,6-9,11-12H2,1-5H3. The Morgan fingerprint density at radius 3 is 1.92 bits per heavy atom. The van der Waals surface area contributed by atoms with Crippen molar-refractivity contribution in [2.24, 2.45) is 0 Å². The molecule has 2 fully saturated rings. The Morgan fingerprint density at radius 2 is 1.36 bits per heavy atom. The third-order valence-electron chi connectivity index (χ3n) is 11.2. The summed E-state index contributed by atoms with van der Waals surface area (Å²) >= 11 is 0.